The van der Waals surface area contributed by atoms with Gasteiger partial charge < -0.3 is 0 Å². The molecule has 0 spiro atoms. The first kappa shape index (κ1) is 7.08. The van der Waals surface area contributed by atoms with E-state index >= 15 is 0 Å². The van der Waals surface area contributed by atoms with Crippen molar-refractivity contribution in [1.82, 2.24) is 0 Å². The Morgan fingerprint density at radius 3 is 2.50 bits per heavy atom. The fourth-order valence-electron chi connectivity index (χ4n) is 0.198. The van der Waals surface area contributed by atoms with Crippen LogP contribution in [0.25, 0.3) is 0 Å². The van der Waals surface area contributed by atoms with Gasteiger partial charge in [0, 0.05) is 0 Å². The summed E-state index contributed by atoms with van der Waals surface area (Å²) in [5.41, 5.74) is 5.13. The molecule has 0 saturated heterocycles. The van der Waals surface area contributed by atoms with E-state index in [2.05, 4.69) is 18.0 Å². The summed E-state index contributed by atoms with van der Waals surface area (Å²) < 4.78 is 0. The predicted molar refractivity (Wildman–Crippen MR) is 32.5 cm³/mol. The van der Waals surface area contributed by atoms with Gasteiger partial charge in [0.2, 0.25) is 0 Å². The molecule has 0 amide bonds. The monoisotopic (exact) mass is 125 g/mol. The molecule has 0 bridgehead atoms. The van der Waals surface area contributed by atoms with Crippen molar-refractivity contribution in [1.29, 1.82) is 5.26 Å². The lowest BCUT2D eigenvalue weighted by atomic mass is 10.4. The average Bonchev–Trinajstić information content (AvgIpc) is 1.83. The molecule has 40 valence electrons. The lowest BCUT2D eigenvalue weighted by Crippen LogP contribution is -1.72. The number of allylic oxidation sites excluding steroid dienone is 1. The van der Waals surface area contributed by atoms with E-state index in [0.717, 1.165) is 0 Å². The van der Waals surface area contributed by atoms with Crippen LogP contribution in [0.15, 0.2) is 23.6 Å². The highest BCUT2D eigenvalue weighted by Gasteiger charge is 1.84. The Labute approximate surface area is 53.2 Å². The molecule has 0 rings (SSSR count). The van der Waals surface area contributed by atoms with Gasteiger partial charge in [0.15, 0.2) is 0 Å². The minimum absolute atomic E-state index is 0.180. The van der Waals surface area contributed by atoms with Crippen molar-refractivity contribution in [3.05, 3.63) is 23.6 Å². The number of halogens is 1. The third-order valence-electron chi connectivity index (χ3n) is 0.508. The van der Waals surface area contributed by atoms with Crippen molar-refractivity contribution in [3.63, 3.8) is 0 Å². The lowest BCUT2D eigenvalue weighted by molar-refractivity contribution is 1.46. The fraction of sp³-hybridized carbons (Fsp3) is 0.167. The predicted octanol–water partition coefficient (Wildman–Crippen LogP) is 1.62. The van der Waals surface area contributed by atoms with Crippen molar-refractivity contribution >= 4 is 11.6 Å². The van der Waals surface area contributed by atoms with Gasteiger partial charge in [0.1, 0.15) is 6.07 Å². The Bertz CT molecular complexity index is 187. The zero-order valence-electron chi connectivity index (χ0n) is 4.24. The van der Waals surface area contributed by atoms with Crippen LogP contribution in [0.3, 0.4) is 0 Å². The molecule has 0 aliphatic carbocycles. The van der Waals surface area contributed by atoms with Crippen LogP contribution >= 0.6 is 11.6 Å². The summed E-state index contributed by atoms with van der Waals surface area (Å²) in [5, 5.41) is 8.16. The zero-order chi connectivity index (χ0) is 6.41. The maximum atomic E-state index is 8.16. The van der Waals surface area contributed by atoms with Gasteiger partial charge in [-0.25, -0.2) is 0 Å². The van der Waals surface area contributed by atoms with E-state index in [-0.39, 0.29) is 5.88 Å². The minimum Gasteiger partial charge on any atom is -0.192 e. The van der Waals surface area contributed by atoms with Crippen LogP contribution in [-0.4, -0.2) is 5.88 Å². The highest BCUT2D eigenvalue weighted by Crippen LogP contribution is 1.89. The van der Waals surface area contributed by atoms with Crippen LogP contribution in [0.2, 0.25) is 0 Å². The molecule has 0 N–H and O–H groups in total. The van der Waals surface area contributed by atoms with Gasteiger partial charge in [-0.3, -0.25) is 0 Å². The first-order valence-electron chi connectivity index (χ1n) is 1.95. The van der Waals surface area contributed by atoms with Gasteiger partial charge in [-0.2, -0.15) is 5.26 Å². The number of hydrogen-bond donors (Lipinski definition) is 0. The number of nitrogens with zero attached hydrogens (tertiary/aromatic N) is 1. The second-order valence-corrected chi connectivity index (χ2v) is 1.29. The molecule has 0 aliphatic rings. The largest absolute Gasteiger partial charge is 0.192 e. The number of alkyl halides is 1. The minimum atomic E-state index is 0.180. The van der Waals surface area contributed by atoms with Gasteiger partial charge in [0.25, 0.3) is 0 Å². The second-order valence-electron chi connectivity index (χ2n) is 1.03. The van der Waals surface area contributed by atoms with Crippen molar-refractivity contribution in [2.24, 2.45) is 0 Å². The maximum absolute atomic E-state index is 8.16. The molecular weight excluding hydrogens is 122 g/mol. The molecule has 8 heavy (non-hydrogen) atoms. The number of nitriles is 1. The van der Waals surface area contributed by atoms with Gasteiger partial charge in [-0.1, -0.05) is 11.5 Å². The molecule has 0 heterocycles. The van der Waals surface area contributed by atoms with Crippen molar-refractivity contribution in [2.75, 3.05) is 5.88 Å². The third-order valence-corrected chi connectivity index (χ3v) is 0.775. The quantitative estimate of drug-likeness (QED) is 0.297. The normalized spacial score (nSPS) is 6.00. The number of rotatable bonds is 1. The van der Waals surface area contributed by atoms with E-state index in [1.165, 1.54) is 0 Å². The second kappa shape index (κ2) is 4.24. The topological polar surface area (TPSA) is 23.8 Å². The van der Waals surface area contributed by atoms with E-state index in [9.17, 15) is 0 Å². The molecule has 0 atom stereocenters. The fourth-order valence-corrected chi connectivity index (χ4v) is 0.325. The van der Waals surface area contributed by atoms with Crippen LogP contribution in [0.4, 0.5) is 0 Å². The Kier molecular flexibility index (Phi) is 3.76. The lowest BCUT2D eigenvalue weighted by Gasteiger charge is -1.74. The highest BCUT2D eigenvalue weighted by molar-refractivity contribution is 6.19. The Morgan fingerprint density at radius 1 is 1.75 bits per heavy atom. The molecule has 1 nitrogen and oxygen atoms in total. The van der Waals surface area contributed by atoms with Gasteiger partial charge >= 0.3 is 0 Å². The Morgan fingerprint density at radius 2 is 2.38 bits per heavy atom. The highest BCUT2D eigenvalue weighted by atomic mass is 35.5. The molecule has 0 aliphatic heterocycles. The summed E-state index contributed by atoms with van der Waals surface area (Å²) in [5.74, 6) is 0.180. The molecule has 0 radical (unpaired) electrons. The van der Waals surface area contributed by atoms with Crippen LogP contribution in [0.5, 0.6) is 0 Å². The van der Waals surface area contributed by atoms with Gasteiger partial charge in [0.05, 0.1) is 11.5 Å². The molecule has 0 aromatic carbocycles. The van der Waals surface area contributed by atoms with Crippen LogP contribution in [0.1, 0.15) is 0 Å². The summed E-state index contributed by atoms with van der Waals surface area (Å²) in [7, 11) is 0. The van der Waals surface area contributed by atoms with Gasteiger partial charge in [-0.05, 0) is 6.58 Å². The third kappa shape index (κ3) is 2.29. The first-order valence-corrected chi connectivity index (χ1v) is 2.48. The maximum Gasteiger partial charge on any atom is 0.105 e. The molecule has 0 aromatic rings. The SMILES string of the molecule is C=C=C=C(C#N)CCl. The molecule has 0 fully saturated rings. The summed E-state index contributed by atoms with van der Waals surface area (Å²) in [6, 6.07) is 1.82. The standard InChI is InChI=1S/C6H4ClN/c1-2-3-6(4-7)5-8/h1,4H2. The average molecular weight is 126 g/mol. The van der Waals surface area contributed by atoms with E-state index in [0.29, 0.717) is 5.57 Å². The smallest absolute Gasteiger partial charge is 0.105 e. The summed E-state index contributed by atoms with van der Waals surface area (Å²) in [4.78, 5) is 0. The first-order chi connectivity index (χ1) is 3.85. The summed E-state index contributed by atoms with van der Waals surface area (Å²) in [6.07, 6.45) is 0. The molecule has 0 unspecified atom stereocenters. The Balaban J connectivity index is 4.40. The molecule has 0 aromatic heterocycles. The summed E-state index contributed by atoms with van der Waals surface area (Å²) >= 11 is 5.26. The van der Waals surface area contributed by atoms with Crippen molar-refractivity contribution in [2.45, 2.75) is 0 Å². The zero-order valence-corrected chi connectivity index (χ0v) is 5.00. The van der Waals surface area contributed by atoms with E-state index in [1.807, 2.05) is 6.07 Å². The summed E-state index contributed by atoms with van der Waals surface area (Å²) in [6.45, 7) is 3.23. The van der Waals surface area contributed by atoms with Crippen molar-refractivity contribution < 1.29 is 0 Å². The molecule has 0 saturated carbocycles. The van der Waals surface area contributed by atoms with Crippen molar-refractivity contribution in [3.8, 4) is 6.07 Å². The van der Waals surface area contributed by atoms with Gasteiger partial charge in [-0.15, -0.1) is 11.6 Å². The molecular formula is C6H4ClN. The van der Waals surface area contributed by atoms with E-state index in [4.69, 9.17) is 16.9 Å². The number of hydrogen-bond acceptors (Lipinski definition) is 1. The van der Waals surface area contributed by atoms with Crippen LogP contribution in [0, 0.1) is 11.3 Å². The molecule has 2 heteroatoms. The van der Waals surface area contributed by atoms with E-state index < -0.39 is 0 Å². The Hall–Kier alpha value is -0.920. The van der Waals surface area contributed by atoms with Crippen LogP contribution < -0.4 is 0 Å². The van der Waals surface area contributed by atoms with Crippen LogP contribution in [-0.2, 0) is 0 Å². The van der Waals surface area contributed by atoms with E-state index in [1.54, 1.807) is 0 Å².